The zero-order valence-corrected chi connectivity index (χ0v) is 17.8. The molecule has 0 bridgehead atoms. The largest absolute Gasteiger partial charge is 0.471 e. The van der Waals surface area contributed by atoms with Gasteiger partial charge in [-0.05, 0) is 42.7 Å². The van der Waals surface area contributed by atoms with E-state index in [4.69, 9.17) is 4.74 Å². The van der Waals surface area contributed by atoms with E-state index in [1.807, 2.05) is 47.4 Å². The maximum atomic E-state index is 13.1. The summed E-state index contributed by atoms with van der Waals surface area (Å²) in [5, 5.41) is 7.75. The van der Waals surface area contributed by atoms with E-state index in [-0.39, 0.29) is 18.1 Å². The summed E-state index contributed by atoms with van der Waals surface area (Å²) in [6.45, 7) is 1.92. The van der Waals surface area contributed by atoms with Crippen LogP contribution in [0.1, 0.15) is 60.9 Å². The van der Waals surface area contributed by atoms with E-state index >= 15 is 0 Å². The molecule has 1 amide bonds. The standard InChI is InChI=1S/C25H29N3O3/c29-23-21-13-6-7-14-22(21)24(27-26-23)31-18-19-11-10-12-20(17-19)25(30)28-15-8-4-2-1-3-5-9-16-28/h6-7,10-14,17H,1-5,8-9,15-16,18H2,(H,26,29). The van der Waals surface area contributed by atoms with Gasteiger partial charge in [-0.25, -0.2) is 5.10 Å². The predicted octanol–water partition coefficient (Wildman–Crippen LogP) is 4.69. The van der Waals surface area contributed by atoms with Gasteiger partial charge in [-0.15, -0.1) is 5.10 Å². The first-order valence-corrected chi connectivity index (χ1v) is 11.2. The zero-order chi connectivity index (χ0) is 21.5. The van der Waals surface area contributed by atoms with Gasteiger partial charge in [-0.2, -0.15) is 0 Å². The van der Waals surface area contributed by atoms with Crippen LogP contribution in [0.2, 0.25) is 0 Å². The van der Waals surface area contributed by atoms with Gasteiger partial charge in [-0.1, -0.05) is 56.4 Å². The lowest BCUT2D eigenvalue weighted by molar-refractivity contribution is 0.0747. The highest BCUT2D eigenvalue weighted by Crippen LogP contribution is 2.21. The van der Waals surface area contributed by atoms with Crippen molar-refractivity contribution in [1.82, 2.24) is 15.1 Å². The van der Waals surface area contributed by atoms with Crippen LogP contribution < -0.4 is 10.3 Å². The Morgan fingerprint density at radius 2 is 1.58 bits per heavy atom. The van der Waals surface area contributed by atoms with Gasteiger partial charge in [0, 0.05) is 18.7 Å². The Morgan fingerprint density at radius 1 is 0.903 bits per heavy atom. The molecule has 31 heavy (non-hydrogen) atoms. The number of aromatic amines is 1. The average molecular weight is 420 g/mol. The molecule has 1 saturated heterocycles. The van der Waals surface area contributed by atoms with Gasteiger partial charge in [0.05, 0.1) is 10.8 Å². The molecule has 0 unspecified atom stereocenters. The van der Waals surface area contributed by atoms with E-state index in [2.05, 4.69) is 10.2 Å². The number of carbonyl (C=O) groups is 1. The molecule has 0 aliphatic carbocycles. The van der Waals surface area contributed by atoms with Crippen molar-refractivity contribution >= 4 is 16.7 Å². The number of hydrogen-bond acceptors (Lipinski definition) is 4. The molecule has 6 heteroatoms. The van der Waals surface area contributed by atoms with Crippen molar-refractivity contribution in [2.45, 2.75) is 51.6 Å². The number of amides is 1. The second kappa shape index (κ2) is 10.2. The van der Waals surface area contributed by atoms with Crippen molar-refractivity contribution in [1.29, 1.82) is 0 Å². The van der Waals surface area contributed by atoms with E-state index in [1.165, 1.54) is 32.1 Å². The van der Waals surface area contributed by atoms with Gasteiger partial charge in [0.15, 0.2) is 0 Å². The predicted molar refractivity (Wildman–Crippen MR) is 121 cm³/mol. The summed E-state index contributed by atoms with van der Waals surface area (Å²) in [6.07, 6.45) is 8.37. The molecule has 1 N–H and O–H groups in total. The SMILES string of the molecule is O=C(c1cccc(COc2n[nH]c(=O)c3ccccc23)c1)N1CCCCCCCCC1. The number of hydrogen-bond donors (Lipinski definition) is 1. The molecule has 6 nitrogen and oxygen atoms in total. The lowest BCUT2D eigenvalue weighted by atomic mass is 10.1. The van der Waals surface area contributed by atoms with Crippen LogP contribution in [0.5, 0.6) is 5.88 Å². The Bertz CT molecular complexity index is 1080. The number of ether oxygens (including phenoxy) is 1. The van der Waals surface area contributed by atoms with Crippen LogP contribution in [0.4, 0.5) is 0 Å². The maximum Gasteiger partial charge on any atom is 0.272 e. The second-order valence-electron chi connectivity index (χ2n) is 8.16. The topological polar surface area (TPSA) is 75.3 Å². The zero-order valence-electron chi connectivity index (χ0n) is 17.8. The average Bonchev–Trinajstić information content (AvgIpc) is 2.82. The number of aromatic nitrogens is 2. The first-order valence-electron chi connectivity index (χ1n) is 11.2. The number of nitrogens with zero attached hydrogens (tertiary/aromatic N) is 2. The summed E-state index contributed by atoms with van der Waals surface area (Å²) in [7, 11) is 0. The van der Waals surface area contributed by atoms with Crippen molar-refractivity contribution in [2.24, 2.45) is 0 Å². The number of rotatable bonds is 4. The minimum Gasteiger partial charge on any atom is -0.471 e. The van der Waals surface area contributed by atoms with Crippen molar-refractivity contribution < 1.29 is 9.53 Å². The Hall–Kier alpha value is -3.15. The molecule has 2 heterocycles. The van der Waals surface area contributed by atoms with Gasteiger partial charge in [0.1, 0.15) is 6.61 Å². The van der Waals surface area contributed by atoms with Crippen LogP contribution in [0.15, 0.2) is 53.3 Å². The van der Waals surface area contributed by atoms with Crippen molar-refractivity contribution in [3.63, 3.8) is 0 Å². The molecule has 0 saturated carbocycles. The third-order valence-corrected chi connectivity index (χ3v) is 5.85. The Labute approximate surface area is 182 Å². The number of fused-ring (bicyclic) bond motifs is 1. The smallest absolute Gasteiger partial charge is 0.272 e. The molecule has 1 aliphatic rings. The summed E-state index contributed by atoms with van der Waals surface area (Å²) in [5.41, 5.74) is 1.34. The van der Waals surface area contributed by atoms with Gasteiger partial charge in [0.25, 0.3) is 11.5 Å². The van der Waals surface area contributed by atoms with E-state index in [0.717, 1.165) is 31.5 Å². The highest BCUT2D eigenvalue weighted by atomic mass is 16.5. The molecule has 1 fully saturated rings. The fourth-order valence-corrected chi connectivity index (χ4v) is 4.13. The molecule has 1 aliphatic heterocycles. The minimum atomic E-state index is -0.240. The Kier molecular flexibility index (Phi) is 6.97. The van der Waals surface area contributed by atoms with E-state index in [0.29, 0.717) is 22.2 Å². The molecule has 2 aromatic carbocycles. The molecular formula is C25H29N3O3. The number of benzene rings is 2. The summed E-state index contributed by atoms with van der Waals surface area (Å²) < 4.78 is 5.90. The van der Waals surface area contributed by atoms with Crippen molar-refractivity contribution in [3.8, 4) is 5.88 Å². The quantitative estimate of drug-likeness (QED) is 0.666. The molecule has 0 radical (unpaired) electrons. The maximum absolute atomic E-state index is 13.1. The second-order valence-corrected chi connectivity index (χ2v) is 8.16. The fourth-order valence-electron chi connectivity index (χ4n) is 4.13. The Morgan fingerprint density at radius 3 is 2.32 bits per heavy atom. The van der Waals surface area contributed by atoms with Crippen LogP contribution in [0.3, 0.4) is 0 Å². The van der Waals surface area contributed by atoms with Crippen molar-refractivity contribution in [3.05, 3.63) is 70.0 Å². The number of carbonyl (C=O) groups excluding carboxylic acids is 1. The fraction of sp³-hybridized carbons (Fsp3) is 0.400. The molecule has 3 aromatic rings. The summed E-state index contributed by atoms with van der Waals surface area (Å²) in [5.74, 6) is 0.470. The highest BCUT2D eigenvalue weighted by molar-refractivity contribution is 5.94. The lowest BCUT2D eigenvalue weighted by Crippen LogP contribution is -2.33. The van der Waals surface area contributed by atoms with Crippen LogP contribution >= 0.6 is 0 Å². The summed E-state index contributed by atoms with van der Waals surface area (Å²) in [4.78, 5) is 27.1. The Balaban J connectivity index is 1.46. The van der Waals surface area contributed by atoms with Gasteiger partial charge in [-0.3, -0.25) is 9.59 Å². The first-order chi connectivity index (χ1) is 15.2. The van der Waals surface area contributed by atoms with E-state index < -0.39 is 0 Å². The number of H-pyrrole nitrogens is 1. The molecular weight excluding hydrogens is 390 g/mol. The van der Waals surface area contributed by atoms with Crippen LogP contribution in [-0.4, -0.2) is 34.1 Å². The number of nitrogens with one attached hydrogen (secondary N) is 1. The molecule has 162 valence electrons. The monoisotopic (exact) mass is 419 g/mol. The van der Waals surface area contributed by atoms with E-state index in [1.54, 1.807) is 6.07 Å². The third-order valence-electron chi connectivity index (χ3n) is 5.85. The minimum absolute atomic E-state index is 0.0926. The summed E-state index contributed by atoms with van der Waals surface area (Å²) in [6, 6.07) is 14.8. The molecule has 0 atom stereocenters. The lowest BCUT2D eigenvalue weighted by Gasteiger charge is -2.24. The van der Waals surface area contributed by atoms with E-state index in [9.17, 15) is 9.59 Å². The first kappa shape index (κ1) is 21.1. The van der Waals surface area contributed by atoms with Gasteiger partial charge < -0.3 is 9.64 Å². The summed E-state index contributed by atoms with van der Waals surface area (Å²) >= 11 is 0. The van der Waals surface area contributed by atoms with Crippen LogP contribution in [-0.2, 0) is 6.61 Å². The van der Waals surface area contributed by atoms with Gasteiger partial charge >= 0.3 is 0 Å². The highest BCUT2D eigenvalue weighted by Gasteiger charge is 2.16. The molecule has 0 spiro atoms. The molecule has 4 rings (SSSR count). The normalized spacial score (nSPS) is 15.5. The molecule has 1 aromatic heterocycles. The van der Waals surface area contributed by atoms with Crippen molar-refractivity contribution in [2.75, 3.05) is 13.1 Å². The van der Waals surface area contributed by atoms with Crippen LogP contribution in [0.25, 0.3) is 10.8 Å². The third kappa shape index (κ3) is 5.32. The van der Waals surface area contributed by atoms with Gasteiger partial charge in [0.2, 0.25) is 5.88 Å². The van der Waals surface area contributed by atoms with Crippen LogP contribution in [0, 0.1) is 0 Å².